The average molecular weight is 744 g/mol. The van der Waals surface area contributed by atoms with E-state index in [0.717, 1.165) is 67.3 Å². The lowest BCUT2D eigenvalue weighted by Crippen LogP contribution is -1.99. The minimum absolute atomic E-state index is 0.268. The zero-order chi connectivity index (χ0) is 37.3. The minimum atomic E-state index is -0.272. The standard InChI is InChI=1S/C22H14ClFN4.C21H14FN5/c23-16-2-6-18(7-3-16)27-14-25-20-10-1-15(13-22(20)27)21-11-12-26-28(21)19-8-4-17(24)5-9-19;22-16-2-4-18(5-3-16)27-20(9-12-25-27)15-1-6-19-21(13-15)26(14-24-19)17-7-10-23-11-8-17/h1-14H;1-14H. The zero-order valence-electron chi connectivity index (χ0n) is 28.8. The number of benzene rings is 5. The van der Waals surface area contributed by atoms with Crippen LogP contribution in [0.5, 0.6) is 0 Å². The van der Waals surface area contributed by atoms with Gasteiger partial charge in [0, 0.05) is 34.2 Å². The van der Waals surface area contributed by atoms with Crippen LogP contribution in [0, 0.1) is 11.6 Å². The normalized spacial score (nSPS) is 11.2. The molecular formula is C43H28ClF2N9. The maximum absolute atomic E-state index is 13.3. The number of nitrogens with zero attached hydrogens (tertiary/aromatic N) is 9. The molecule has 0 spiro atoms. The van der Waals surface area contributed by atoms with Gasteiger partial charge in [0.25, 0.3) is 0 Å². The Morgan fingerprint density at radius 3 is 1.35 bits per heavy atom. The van der Waals surface area contributed by atoms with E-state index in [4.69, 9.17) is 11.6 Å². The fraction of sp³-hybridized carbons (Fsp3) is 0. The lowest BCUT2D eigenvalue weighted by atomic mass is 10.1. The van der Waals surface area contributed by atoms with Gasteiger partial charge >= 0.3 is 0 Å². The summed E-state index contributed by atoms with van der Waals surface area (Å²) in [5.41, 5.74) is 11.2. The maximum atomic E-state index is 13.3. The van der Waals surface area contributed by atoms with Crippen LogP contribution in [-0.2, 0) is 0 Å². The molecule has 9 nitrogen and oxygen atoms in total. The summed E-state index contributed by atoms with van der Waals surface area (Å²) in [7, 11) is 0. The van der Waals surface area contributed by atoms with Crippen LogP contribution in [0.2, 0.25) is 5.02 Å². The van der Waals surface area contributed by atoms with Gasteiger partial charge in [-0.1, -0.05) is 23.7 Å². The molecule has 0 atom stereocenters. The smallest absolute Gasteiger partial charge is 0.123 e. The van der Waals surface area contributed by atoms with E-state index in [-0.39, 0.29) is 11.6 Å². The van der Waals surface area contributed by atoms with Crippen molar-refractivity contribution < 1.29 is 8.78 Å². The van der Waals surface area contributed by atoms with E-state index in [2.05, 4.69) is 37.3 Å². The van der Waals surface area contributed by atoms with Crippen LogP contribution in [0.15, 0.2) is 171 Å². The van der Waals surface area contributed by atoms with Gasteiger partial charge in [0.2, 0.25) is 0 Å². The summed E-state index contributed by atoms with van der Waals surface area (Å²) in [6.45, 7) is 0. The quantitative estimate of drug-likeness (QED) is 0.169. The molecule has 0 fully saturated rings. The molecule has 0 N–H and O–H groups in total. The summed E-state index contributed by atoms with van der Waals surface area (Å²) in [5, 5.41) is 9.50. The first-order chi connectivity index (χ1) is 27.0. The Morgan fingerprint density at radius 2 is 0.873 bits per heavy atom. The first-order valence-electron chi connectivity index (χ1n) is 17.2. The second-order valence-electron chi connectivity index (χ2n) is 12.5. The summed E-state index contributed by atoms with van der Waals surface area (Å²) >= 11 is 6.01. The molecule has 10 rings (SSSR count). The van der Waals surface area contributed by atoms with E-state index < -0.39 is 0 Å². The molecule has 0 saturated heterocycles. The first kappa shape index (κ1) is 33.6. The van der Waals surface area contributed by atoms with Crippen molar-refractivity contribution in [3.05, 3.63) is 188 Å². The largest absolute Gasteiger partial charge is 0.299 e. The van der Waals surface area contributed by atoms with Crippen LogP contribution in [0.25, 0.3) is 67.3 Å². The van der Waals surface area contributed by atoms with E-state index in [1.807, 2.05) is 81.9 Å². The van der Waals surface area contributed by atoms with Gasteiger partial charge in [-0.25, -0.2) is 28.1 Å². The van der Waals surface area contributed by atoms with Gasteiger partial charge in [0.05, 0.1) is 62.9 Å². The molecular weight excluding hydrogens is 716 g/mol. The number of hydrogen-bond donors (Lipinski definition) is 0. The molecule has 10 aromatic rings. The predicted octanol–water partition coefficient (Wildman–Crippen LogP) is 10.1. The van der Waals surface area contributed by atoms with Gasteiger partial charge in [0.1, 0.15) is 24.3 Å². The van der Waals surface area contributed by atoms with E-state index in [9.17, 15) is 8.78 Å². The Balaban J connectivity index is 0.000000144. The molecule has 0 bridgehead atoms. The van der Waals surface area contributed by atoms with Crippen molar-refractivity contribution in [3.8, 4) is 45.3 Å². The summed E-state index contributed by atoms with van der Waals surface area (Å²) in [6, 6.07) is 40.1. The van der Waals surface area contributed by atoms with Crippen molar-refractivity contribution in [1.29, 1.82) is 0 Å². The van der Waals surface area contributed by atoms with Crippen LogP contribution in [0.3, 0.4) is 0 Å². The number of halogens is 3. The van der Waals surface area contributed by atoms with E-state index in [1.165, 1.54) is 24.3 Å². The van der Waals surface area contributed by atoms with Crippen molar-refractivity contribution >= 4 is 33.7 Å². The monoisotopic (exact) mass is 743 g/mol. The summed E-state index contributed by atoms with van der Waals surface area (Å²) in [4.78, 5) is 13.1. The number of pyridine rings is 1. The number of aromatic nitrogens is 9. The van der Waals surface area contributed by atoms with Crippen molar-refractivity contribution in [2.24, 2.45) is 0 Å². The second-order valence-corrected chi connectivity index (χ2v) is 13.0. The SMILES string of the molecule is Fc1ccc(-n2nccc2-c2ccc3ncn(-c4ccc(Cl)cc4)c3c2)cc1.Fc1ccc(-n2nccc2-c2ccc3ncn(-c4ccncc4)c3c2)cc1. The van der Waals surface area contributed by atoms with Gasteiger partial charge in [-0.2, -0.15) is 10.2 Å². The van der Waals surface area contributed by atoms with Crippen molar-refractivity contribution in [3.63, 3.8) is 0 Å². The average Bonchev–Trinajstić information content (AvgIpc) is 4.06. The van der Waals surface area contributed by atoms with Gasteiger partial charge in [-0.15, -0.1) is 0 Å². The summed E-state index contributed by atoms with van der Waals surface area (Å²) < 4.78 is 34.2. The topological polar surface area (TPSA) is 84.2 Å². The van der Waals surface area contributed by atoms with Crippen LogP contribution >= 0.6 is 11.6 Å². The molecule has 0 amide bonds. The van der Waals surface area contributed by atoms with Crippen molar-refractivity contribution in [2.45, 2.75) is 0 Å². The van der Waals surface area contributed by atoms with E-state index in [1.54, 1.807) is 71.1 Å². The van der Waals surface area contributed by atoms with Gasteiger partial charge < -0.3 is 0 Å². The number of fused-ring (bicyclic) bond motifs is 2. The van der Waals surface area contributed by atoms with Crippen LogP contribution in [-0.4, -0.2) is 43.6 Å². The molecule has 55 heavy (non-hydrogen) atoms. The molecule has 5 aromatic heterocycles. The number of hydrogen-bond acceptors (Lipinski definition) is 5. The summed E-state index contributed by atoms with van der Waals surface area (Å²) in [6.07, 6.45) is 10.6. The Hall–Kier alpha value is -7.24. The number of rotatable bonds is 6. The third-order valence-corrected chi connectivity index (χ3v) is 9.41. The van der Waals surface area contributed by atoms with E-state index >= 15 is 0 Å². The van der Waals surface area contributed by atoms with E-state index in [0.29, 0.717) is 5.02 Å². The summed E-state index contributed by atoms with van der Waals surface area (Å²) in [5.74, 6) is -0.541. The van der Waals surface area contributed by atoms with Crippen LogP contribution < -0.4 is 0 Å². The minimum Gasteiger partial charge on any atom is -0.299 e. The van der Waals surface area contributed by atoms with Gasteiger partial charge in [0.15, 0.2) is 0 Å². The highest BCUT2D eigenvalue weighted by Gasteiger charge is 2.13. The second kappa shape index (κ2) is 14.3. The highest BCUT2D eigenvalue weighted by Crippen LogP contribution is 2.29. The molecule has 0 saturated carbocycles. The Kier molecular flexibility index (Phi) is 8.73. The van der Waals surface area contributed by atoms with Gasteiger partial charge in [-0.3, -0.25) is 14.1 Å². The molecule has 266 valence electrons. The maximum Gasteiger partial charge on any atom is 0.123 e. The fourth-order valence-electron chi connectivity index (χ4n) is 6.47. The molecule has 0 radical (unpaired) electrons. The van der Waals surface area contributed by atoms with Crippen LogP contribution in [0.4, 0.5) is 8.78 Å². The molecule has 0 aliphatic carbocycles. The predicted molar refractivity (Wildman–Crippen MR) is 210 cm³/mol. The Labute approximate surface area is 318 Å². The molecule has 5 aromatic carbocycles. The Bertz CT molecular complexity index is 2890. The molecule has 0 unspecified atom stereocenters. The fourth-order valence-corrected chi connectivity index (χ4v) is 6.60. The lowest BCUT2D eigenvalue weighted by Gasteiger charge is -2.09. The van der Waals surface area contributed by atoms with Crippen molar-refractivity contribution in [2.75, 3.05) is 0 Å². The lowest BCUT2D eigenvalue weighted by molar-refractivity contribution is 0.626. The number of imidazole rings is 2. The zero-order valence-corrected chi connectivity index (χ0v) is 29.6. The highest BCUT2D eigenvalue weighted by molar-refractivity contribution is 6.30. The van der Waals surface area contributed by atoms with Crippen molar-refractivity contribution in [1.82, 2.24) is 43.6 Å². The molecule has 0 aliphatic rings. The molecule has 0 aliphatic heterocycles. The highest BCUT2D eigenvalue weighted by atomic mass is 35.5. The third-order valence-electron chi connectivity index (χ3n) is 9.16. The molecule has 5 heterocycles. The molecule has 12 heteroatoms. The third kappa shape index (κ3) is 6.64. The Morgan fingerprint density at radius 1 is 0.436 bits per heavy atom. The van der Waals surface area contributed by atoms with Gasteiger partial charge in [-0.05, 0) is 121 Å². The first-order valence-corrected chi connectivity index (χ1v) is 17.6. The van der Waals surface area contributed by atoms with Crippen LogP contribution in [0.1, 0.15) is 0 Å².